The SMILES string of the molecule is O=C(COC(=O)CCNS(=O)(=O)c1ccc(Cl)cc1)Nc1ccccc1Br. The zero-order valence-corrected chi connectivity index (χ0v) is 17.1. The summed E-state index contributed by atoms with van der Waals surface area (Å²) < 4.78 is 31.9. The highest BCUT2D eigenvalue weighted by molar-refractivity contribution is 9.10. The van der Waals surface area contributed by atoms with Crippen LogP contribution in [0.5, 0.6) is 0 Å². The number of ether oxygens (including phenoxy) is 1. The van der Waals surface area contributed by atoms with Gasteiger partial charge in [-0.05, 0) is 52.3 Å². The summed E-state index contributed by atoms with van der Waals surface area (Å²) in [5, 5.41) is 3.00. The fourth-order valence-electron chi connectivity index (χ4n) is 1.95. The summed E-state index contributed by atoms with van der Waals surface area (Å²) in [5.74, 6) is -1.20. The number of para-hydroxylation sites is 1. The molecule has 0 aliphatic carbocycles. The third-order valence-electron chi connectivity index (χ3n) is 3.26. The molecule has 0 saturated carbocycles. The summed E-state index contributed by atoms with van der Waals surface area (Å²) in [6.45, 7) is -0.625. The molecule has 0 aromatic heterocycles. The Morgan fingerprint density at radius 3 is 2.41 bits per heavy atom. The number of esters is 1. The van der Waals surface area contributed by atoms with Crippen molar-refractivity contribution >= 4 is 55.1 Å². The van der Waals surface area contributed by atoms with Gasteiger partial charge in [0.25, 0.3) is 5.91 Å². The van der Waals surface area contributed by atoms with Gasteiger partial charge in [0.1, 0.15) is 0 Å². The van der Waals surface area contributed by atoms with E-state index in [9.17, 15) is 18.0 Å². The Morgan fingerprint density at radius 1 is 1.07 bits per heavy atom. The maximum Gasteiger partial charge on any atom is 0.307 e. The highest BCUT2D eigenvalue weighted by Crippen LogP contribution is 2.20. The number of carbonyl (C=O) groups excluding carboxylic acids is 2. The first-order chi connectivity index (χ1) is 12.8. The maximum absolute atomic E-state index is 12.1. The number of nitrogens with one attached hydrogen (secondary N) is 2. The molecule has 0 saturated heterocycles. The molecule has 144 valence electrons. The third-order valence-corrected chi connectivity index (χ3v) is 5.68. The van der Waals surface area contributed by atoms with Gasteiger partial charge in [0.05, 0.1) is 17.0 Å². The highest BCUT2D eigenvalue weighted by atomic mass is 79.9. The largest absolute Gasteiger partial charge is 0.456 e. The second-order valence-electron chi connectivity index (χ2n) is 5.29. The maximum atomic E-state index is 12.1. The lowest BCUT2D eigenvalue weighted by molar-refractivity contribution is -0.147. The fourth-order valence-corrected chi connectivity index (χ4v) is 3.49. The summed E-state index contributed by atoms with van der Waals surface area (Å²) in [4.78, 5) is 23.5. The van der Waals surface area contributed by atoms with Crippen LogP contribution in [0, 0.1) is 0 Å². The van der Waals surface area contributed by atoms with Crippen LogP contribution in [0.15, 0.2) is 57.9 Å². The van der Waals surface area contributed by atoms with Crippen LogP contribution in [0.25, 0.3) is 0 Å². The number of sulfonamides is 1. The summed E-state index contributed by atoms with van der Waals surface area (Å²) in [7, 11) is -3.75. The summed E-state index contributed by atoms with van der Waals surface area (Å²) >= 11 is 9.00. The number of rotatable bonds is 8. The topological polar surface area (TPSA) is 102 Å². The van der Waals surface area contributed by atoms with E-state index in [0.29, 0.717) is 15.2 Å². The number of hydrogen-bond acceptors (Lipinski definition) is 5. The molecule has 0 bridgehead atoms. The molecule has 10 heteroatoms. The molecule has 0 atom stereocenters. The lowest BCUT2D eigenvalue weighted by Crippen LogP contribution is -2.28. The molecule has 27 heavy (non-hydrogen) atoms. The second-order valence-corrected chi connectivity index (χ2v) is 8.35. The van der Waals surface area contributed by atoms with Gasteiger partial charge in [-0.3, -0.25) is 9.59 Å². The number of carbonyl (C=O) groups is 2. The predicted molar refractivity (Wildman–Crippen MR) is 105 cm³/mol. The molecule has 2 rings (SSSR count). The van der Waals surface area contributed by atoms with Gasteiger partial charge in [0.15, 0.2) is 6.61 Å². The summed E-state index contributed by atoms with van der Waals surface area (Å²) in [6.07, 6.45) is -0.213. The van der Waals surface area contributed by atoms with Crippen molar-refractivity contribution in [2.45, 2.75) is 11.3 Å². The molecular weight excluding hydrogens is 460 g/mol. The Kier molecular flexibility index (Phi) is 7.78. The molecule has 0 aliphatic heterocycles. The van der Waals surface area contributed by atoms with Crippen LogP contribution in [-0.2, 0) is 24.3 Å². The summed E-state index contributed by atoms with van der Waals surface area (Å²) in [6, 6.07) is 12.6. The van der Waals surface area contributed by atoms with Gasteiger partial charge in [0.2, 0.25) is 10.0 Å². The zero-order chi connectivity index (χ0) is 19.9. The van der Waals surface area contributed by atoms with E-state index < -0.39 is 28.5 Å². The highest BCUT2D eigenvalue weighted by Gasteiger charge is 2.15. The lowest BCUT2D eigenvalue weighted by atomic mass is 10.3. The molecule has 2 aromatic rings. The van der Waals surface area contributed by atoms with Crippen LogP contribution in [0.3, 0.4) is 0 Å². The van der Waals surface area contributed by atoms with Crippen molar-refractivity contribution in [3.63, 3.8) is 0 Å². The molecule has 2 aromatic carbocycles. The minimum atomic E-state index is -3.75. The van der Waals surface area contributed by atoms with Crippen molar-refractivity contribution in [3.05, 3.63) is 58.0 Å². The van der Waals surface area contributed by atoms with Gasteiger partial charge >= 0.3 is 5.97 Å². The average Bonchev–Trinajstić information content (AvgIpc) is 2.62. The van der Waals surface area contributed by atoms with Crippen molar-refractivity contribution in [2.75, 3.05) is 18.5 Å². The normalized spacial score (nSPS) is 11.0. The van der Waals surface area contributed by atoms with Crippen molar-refractivity contribution < 1.29 is 22.7 Å². The first-order valence-corrected chi connectivity index (χ1v) is 10.4. The van der Waals surface area contributed by atoms with Crippen molar-refractivity contribution in [3.8, 4) is 0 Å². The van der Waals surface area contributed by atoms with Crippen LogP contribution in [0.2, 0.25) is 5.02 Å². The number of anilines is 1. The number of hydrogen-bond donors (Lipinski definition) is 2. The van der Waals surface area contributed by atoms with E-state index in [-0.39, 0.29) is 17.9 Å². The molecule has 0 fully saturated rings. The summed E-state index contributed by atoms with van der Waals surface area (Å²) in [5.41, 5.74) is 0.550. The van der Waals surface area contributed by atoms with Crippen molar-refractivity contribution in [2.24, 2.45) is 0 Å². The molecule has 1 amide bonds. The molecular formula is C17H16BrClN2O5S. The van der Waals surface area contributed by atoms with E-state index in [1.54, 1.807) is 24.3 Å². The Balaban J connectivity index is 1.74. The lowest BCUT2D eigenvalue weighted by Gasteiger charge is -2.09. The molecule has 0 heterocycles. The first-order valence-electron chi connectivity index (χ1n) is 7.73. The van der Waals surface area contributed by atoms with Crippen LogP contribution in [0.4, 0.5) is 5.69 Å². The van der Waals surface area contributed by atoms with E-state index in [1.807, 2.05) is 0 Å². The Labute approximate surface area is 170 Å². The quantitative estimate of drug-likeness (QED) is 0.572. The van der Waals surface area contributed by atoms with E-state index >= 15 is 0 Å². The monoisotopic (exact) mass is 474 g/mol. The van der Waals surface area contributed by atoms with Gasteiger partial charge < -0.3 is 10.1 Å². The fraction of sp³-hybridized carbons (Fsp3) is 0.176. The van der Waals surface area contributed by atoms with Crippen molar-refractivity contribution in [1.29, 1.82) is 0 Å². The zero-order valence-electron chi connectivity index (χ0n) is 13.9. The smallest absolute Gasteiger partial charge is 0.307 e. The number of benzene rings is 2. The van der Waals surface area contributed by atoms with E-state index in [4.69, 9.17) is 16.3 Å². The van der Waals surface area contributed by atoms with Crippen LogP contribution >= 0.6 is 27.5 Å². The van der Waals surface area contributed by atoms with E-state index in [2.05, 4.69) is 26.0 Å². The first kappa shape index (κ1) is 21.4. The van der Waals surface area contributed by atoms with Gasteiger partial charge in [0, 0.05) is 16.0 Å². The Bertz CT molecular complexity index is 919. The van der Waals surface area contributed by atoms with E-state index in [1.165, 1.54) is 24.3 Å². The number of halogens is 2. The van der Waals surface area contributed by atoms with Gasteiger partial charge in [-0.2, -0.15) is 0 Å². The molecule has 0 radical (unpaired) electrons. The number of amides is 1. The molecule has 0 unspecified atom stereocenters. The molecule has 0 spiro atoms. The van der Waals surface area contributed by atoms with E-state index in [0.717, 1.165) is 0 Å². The van der Waals surface area contributed by atoms with Gasteiger partial charge in [-0.1, -0.05) is 23.7 Å². The molecule has 0 aliphatic rings. The second kappa shape index (κ2) is 9.84. The Morgan fingerprint density at radius 2 is 1.74 bits per heavy atom. The Hall–Kier alpha value is -1.94. The van der Waals surface area contributed by atoms with Crippen LogP contribution in [0.1, 0.15) is 6.42 Å². The van der Waals surface area contributed by atoms with Crippen LogP contribution < -0.4 is 10.0 Å². The molecule has 7 nitrogen and oxygen atoms in total. The molecule has 2 N–H and O–H groups in total. The predicted octanol–water partition coefficient (Wildman–Crippen LogP) is 2.95. The minimum absolute atomic E-state index is 0.0353. The van der Waals surface area contributed by atoms with Gasteiger partial charge in [-0.25, -0.2) is 13.1 Å². The minimum Gasteiger partial charge on any atom is -0.456 e. The third kappa shape index (κ3) is 6.94. The standard InChI is InChI=1S/C17H16BrClN2O5S/c18-14-3-1-2-4-15(14)21-16(22)11-26-17(23)9-10-20-27(24,25)13-7-5-12(19)6-8-13/h1-8,20H,9-11H2,(H,21,22). The average molecular weight is 476 g/mol. The van der Waals surface area contributed by atoms with Gasteiger partial charge in [-0.15, -0.1) is 0 Å². The van der Waals surface area contributed by atoms with Crippen LogP contribution in [-0.4, -0.2) is 33.4 Å². The van der Waals surface area contributed by atoms with Crippen molar-refractivity contribution in [1.82, 2.24) is 4.72 Å².